The van der Waals surface area contributed by atoms with E-state index in [4.69, 9.17) is 0 Å². The van der Waals surface area contributed by atoms with Gasteiger partial charge in [-0.3, -0.25) is 14.4 Å². The molecular formula is C15H24O5. The van der Waals surface area contributed by atoms with E-state index in [1.54, 1.807) is 19.1 Å². The van der Waals surface area contributed by atoms with Crippen LogP contribution < -0.4 is 0 Å². The quantitative estimate of drug-likeness (QED) is 0.531. The van der Waals surface area contributed by atoms with E-state index in [-0.39, 0.29) is 30.6 Å². The zero-order valence-electron chi connectivity index (χ0n) is 12.7. The molecule has 0 aliphatic heterocycles. The molecule has 114 valence electrons. The van der Waals surface area contributed by atoms with Crippen LogP contribution in [-0.4, -0.2) is 31.9 Å². The minimum atomic E-state index is -0.323. The van der Waals surface area contributed by atoms with Gasteiger partial charge in [-0.05, 0) is 13.3 Å². The summed E-state index contributed by atoms with van der Waals surface area (Å²) in [5.41, 5.74) is 0. The molecule has 0 bridgehead atoms. The van der Waals surface area contributed by atoms with Crippen LogP contribution in [0.4, 0.5) is 0 Å². The van der Waals surface area contributed by atoms with Gasteiger partial charge in [0.2, 0.25) is 0 Å². The van der Waals surface area contributed by atoms with Crippen molar-refractivity contribution in [3.05, 3.63) is 24.3 Å². The maximum Gasteiger partial charge on any atom is 0.309 e. The van der Waals surface area contributed by atoms with Crippen LogP contribution in [0.5, 0.6) is 0 Å². The van der Waals surface area contributed by atoms with E-state index in [1.807, 2.05) is 12.2 Å². The fraction of sp³-hybridized carbons (Fsp3) is 0.533. The van der Waals surface area contributed by atoms with Gasteiger partial charge < -0.3 is 9.47 Å². The topological polar surface area (TPSA) is 69.7 Å². The molecule has 0 rings (SSSR count). The Morgan fingerprint density at radius 2 is 1.20 bits per heavy atom. The third kappa shape index (κ3) is 18.5. The molecule has 0 amide bonds. The standard InChI is InChI=1S/C8H12O4.C7H12O/c1-11-7(9)5-3-4-6-8(10)12-2;1-3-4-5-6-7(2)8/h3-4H,5-6H2,1-2H3;4-5H,3,6H2,1-2H3/b;5-4-. The van der Waals surface area contributed by atoms with Crippen LogP contribution in [0.1, 0.15) is 39.5 Å². The first-order chi connectivity index (χ1) is 9.47. The molecule has 0 saturated carbocycles. The SMILES string of the molecule is CC/C=C\CC(C)=O.COC(=O)CC=CCC(=O)OC. The van der Waals surface area contributed by atoms with Gasteiger partial charge in [-0.15, -0.1) is 0 Å². The van der Waals surface area contributed by atoms with Gasteiger partial charge in [0.1, 0.15) is 5.78 Å². The fourth-order valence-electron chi connectivity index (χ4n) is 0.942. The van der Waals surface area contributed by atoms with Crippen LogP contribution in [0.15, 0.2) is 24.3 Å². The number of esters is 2. The first-order valence-corrected chi connectivity index (χ1v) is 6.40. The summed E-state index contributed by atoms with van der Waals surface area (Å²) in [5, 5.41) is 0. The van der Waals surface area contributed by atoms with Crippen LogP contribution >= 0.6 is 0 Å². The molecule has 5 nitrogen and oxygen atoms in total. The lowest BCUT2D eigenvalue weighted by molar-refractivity contribution is -0.140. The van der Waals surface area contributed by atoms with Gasteiger partial charge in [-0.1, -0.05) is 31.2 Å². The highest BCUT2D eigenvalue weighted by molar-refractivity contribution is 5.76. The average Bonchev–Trinajstić information content (AvgIpc) is 2.43. The molecule has 0 aliphatic carbocycles. The minimum Gasteiger partial charge on any atom is -0.469 e. The lowest BCUT2D eigenvalue weighted by Gasteiger charge is -1.93. The lowest BCUT2D eigenvalue weighted by atomic mass is 10.3. The van der Waals surface area contributed by atoms with Gasteiger partial charge in [0, 0.05) is 6.42 Å². The van der Waals surface area contributed by atoms with Gasteiger partial charge >= 0.3 is 11.9 Å². The van der Waals surface area contributed by atoms with E-state index in [1.165, 1.54) is 14.2 Å². The van der Waals surface area contributed by atoms with E-state index >= 15 is 0 Å². The molecule has 0 spiro atoms. The smallest absolute Gasteiger partial charge is 0.309 e. The van der Waals surface area contributed by atoms with Crippen LogP contribution in [-0.2, 0) is 23.9 Å². The molecule has 0 heterocycles. The predicted octanol–water partition coefficient (Wildman–Crippen LogP) is 2.60. The van der Waals surface area contributed by atoms with Crippen molar-refractivity contribution in [1.82, 2.24) is 0 Å². The number of hydrogen-bond donors (Lipinski definition) is 0. The zero-order chi connectivity index (χ0) is 15.8. The Bertz CT molecular complexity index is 322. The molecule has 0 aromatic heterocycles. The van der Waals surface area contributed by atoms with Crippen molar-refractivity contribution in [2.75, 3.05) is 14.2 Å². The summed E-state index contributed by atoms with van der Waals surface area (Å²) in [6.45, 7) is 3.65. The molecule has 0 saturated heterocycles. The highest BCUT2D eigenvalue weighted by atomic mass is 16.5. The van der Waals surface area contributed by atoms with Gasteiger partial charge in [0.05, 0.1) is 27.1 Å². The number of ketones is 1. The second-order valence-electron chi connectivity index (χ2n) is 3.82. The number of Topliss-reactive ketones (excluding diaryl/α,β-unsaturated/α-hetero) is 1. The third-order valence-corrected chi connectivity index (χ3v) is 2.00. The van der Waals surface area contributed by atoms with Crippen molar-refractivity contribution in [3.63, 3.8) is 0 Å². The Balaban J connectivity index is 0. The number of allylic oxidation sites excluding steroid dienone is 2. The normalized spacial score (nSPS) is 10.0. The number of rotatable bonds is 7. The van der Waals surface area contributed by atoms with Crippen molar-refractivity contribution in [1.29, 1.82) is 0 Å². The molecule has 0 N–H and O–H groups in total. The number of carbonyl (C=O) groups excluding carboxylic acids is 3. The van der Waals surface area contributed by atoms with Crippen molar-refractivity contribution in [2.24, 2.45) is 0 Å². The Kier molecular flexibility index (Phi) is 15.5. The number of carbonyl (C=O) groups is 3. The summed E-state index contributed by atoms with van der Waals surface area (Å²) in [4.78, 5) is 31.3. The van der Waals surface area contributed by atoms with Gasteiger partial charge in [0.15, 0.2) is 0 Å². The van der Waals surface area contributed by atoms with E-state index in [0.29, 0.717) is 6.42 Å². The lowest BCUT2D eigenvalue weighted by Crippen LogP contribution is -1.99. The molecule has 0 radical (unpaired) electrons. The second kappa shape index (κ2) is 15.1. The monoisotopic (exact) mass is 284 g/mol. The number of hydrogen-bond acceptors (Lipinski definition) is 5. The molecule has 5 heteroatoms. The van der Waals surface area contributed by atoms with Crippen LogP contribution in [0.25, 0.3) is 0 Å². The molecule has 20 heavy (non-hydrogen) atoms. The average molecular weight is 284 g/mol. The molecule has 0 aromatic rings. The first kappa shape index (κ1) is 20.4. The number of methoxy groups -OCH3 is 2. The van der Waals surface area contributed by atoms with E-state index < -0.39 is 0 Å². The van der Waals surface area contributed by atoms with Crippen molar-refractivity contribution >= 4 is 17.7 Å². The molecule has 0 atom stereocenters. The van der Waals surface area contributed by atoms with Crippen LogP contribution in [0.2, 0.25) is 0 Å². The van der Waals surface area contributed by atoms with Gasteiger partial charge in [0.25, 0.3) is 0 Å². The fourth-order valence-corrected chi connectivity index (χ4v) is 0.942. The van der Waals surface area contributed by atoms with Crippen LogP contribution in [0.3, 0.4) is 0 Å². The Labute approximate surface area is 120 Å². The van der Waals surface area contributed by atoms with Crippen molar-refractivity contribution in [2.45, 2.75) is 39.5 Å². The summed E-state index contributed by atoms with van der Waals surface area (Å²) in [6.07, 6.45) is 9.04. The molecule has 0 unspecified atom stereocenters. The maximum absolute atomic E-state index is 10.5. The summed E-state index contributed by atoms with van der Waals surface area (Å²) in [5.74, 6) is -0.415. The van der Waals surface area contributed by atoms with Crippen molar-refractivity contribution < 1.29 is 23.9 Å². The minimum absolute atomic E-state index is 0.188. The van der Waals surface area contributed by atoms with E-state index in [9.17, 15) is 14.4 Å². The predicted molar refractivity (Wildman–Crippen MR) is 77.1 cm³/mol. The molecular weight excluding hydrogens is 260 g/mol. The zero-order valence-corrected chi connectivity index (χ0v) is 12.7. The van der Waals surface area contributed by atoms with E-state index in [0.717, 1.165) is 6.42 Å². The highest BCUT2D eigenvalue weighted by Gasteiger charge is 1.96. The Morgan fingerprint density at radius 1 is 0.800 bits per heavy atom. The van der Waals surface area contributed by atoms with Gasteiger partial charge in [-0.25, -0.2) is 0 Å². The van der Waals surface area contributed by atoms with E-state index in [2.05, 4.69) is 16.4 Å². The molecule has 0 fully saturated rings. The second-order valence-corrected chi connectivity index (χ2v) is 3.82. The summed E-state index contributed by atoms with van der Waals surface area (Å²) < 4.78 is 8.75. The summed E-state index contributed by atoms with van der Waals surface area (Å²) in [6, 6.07) is 0. The maximum atomic E-state index is 10.5. The Hall–Kier alpha value is -1.91. The molecule has 0 aromatic carbocycles. The highest BCUT2D eigenvalue weighted by Crippen LogP contribution is 1.91. The number of ether oxygens (including phenoxy) is 2. The van der Waals surface area contributed by atoms with Gasteiger partial charge in [-0.2, -0.15) is 0 Å². The largest absolute Gasteiger partial charge is 0.469 e. The summed E-state index contributed by atoms with van der Waals surface area (Å²) in [7, 11) is 2.63. The van der Waals surface area contributed by atoms with Crippen molar-refractivity contribution in [3.8, 4) is 0 Å². The van der Waals surface area contributed by atoms with Crippen LogP contribution in [0, 0.1) is 0 Å². The third-order valence-electron chi connectivity index (χ3n) is 2.00. The Morgan fingerprint density at radius 3 is 1.50 bits per heavy atom. The summed E-state index contributed by atoms with van der Waals surface area (Å²) >= 11 is 0. The first-order valence-electron chi connectivity index (χ1n) is 6.40. The molecule has 0 aliphatic rings.